The van der Waals surface area contributed by atoms with Crippen LogP contribution in [0.5, 0.6) is 0 Å². The number of fused-ring (bicyclic) bond motifs is 1. The van der Waals surface area contributed by atoms with E-state index in [0.29, 0.717) is 13.0 Å². The van der Waals surface area contributed by atoms with Gasteiger partial charge in [-0.15, -0.1) is 0 Å². The van der Waals surface area contributed by atoms with Crippen molar-refractivity contribution in [2.24, 2.45) is 0 Å². The Hall–Kier alpha value is -0.430. The highest BCUT2D eigenvalue weighted by molar-refractivity contribution is 9.10. The molecule has 2 rings (SSSR count). The molecule has 0 radical (unpaired) electrons. The highest BCUT2D eigenvalue weighted by Crippen LogP contribution is 2.22. The van der Waals surface area contributed by atoms with Crippen LogP contribution in [0.15, 0.2) is 22.7 Å². The fourth-order valence-corrected chi connectivity index (χ4v) is 3.14. The summed E-state index contributed by atoms with van der Waals surface area (Å²) in [6, 6.07) is 6.28. The average Bonchev–Trinajstić information content (AvgIpc) is 2.27. The quantitative estimate of drug-likeness (QED) is 0.857. The van der Waals surface area contributed by atoms with Crippen molar-refractivity contribution >= 4 is 26.0 Å². The van der Waals surface area contributed by atoms with E-state index in [9.17, 15) is 8.42 Å². The van der Waals surface area contributed by atoms with Crippen molar-refractivity contribution in [3.63, 3.8) is 0 Å². The van der Waals surface area contributed by atoms with Crippen molar-refractivity contribution in [3.8, 4) is 0 Å². The second-order valence-electron chi connectivity index (χ2n) is 4.58. The Morgan fingerprint density at radius 2 is 2.11 bits per heavy atom. The van der Waals surface area contributed by atoms with Gasteiger partial charge in [-0.1, -0.05) is 22.0 Å². The van der Waals surface area contributed by atoms with Gasteiger partial charge in [0.25, 0.3) is 10.1 Å². The molecule has 0 atom stereocenters. The Morgan fingerprint density at radius 3 is 2.83 bits per heavy atom. The minimum Gasteiger partial charge on any atom is -0.299 e. The molecular weight excluding hydrogens is 318 g/mol. The van der Waals surface area contributed by atoms with Gasteiger partial charge in [-0.3, -0.25) is 9.45 Å². The average molecular weight is 334 g/mol. The van der Waals surface area contributed by atoms with Gasteiger partial charge in [0.15, 0.2) is 0 Å². The maximum atomic E-state index is 10.6. The van der Waals surface area contributed by atoms with Gasteiger partial charge >= 0.3 is 0 Å². The summed E-state index contributed by atoms with van der Waals surface area (Å²) >= 11 is 3.46. The van der Waals surface area contributed by atoms with Gasteiger partial charge in [-0.2, -0.15) is 8.42 Å². The number of hydrogen-bond donors (Lipinski definition) is 1. The molecule has 0 bridgehead atoms. The zero-order valence-electron chi connectivity index (χ0n) is 9.97. The molecule has 0 unspecified atom stereocenters. The van der Waals surface area contributed by atoms with Crippen LogP contribution in [0.2, 0.25) is 0 Å². The maximum absolute atomic E-state index is 10.6. The van der Waals surface area contributed by atoms with Gasteiger partial charge in [0.2, 0.25) is 0 Å². The summed E-state index contributed by atoms with van der Waals surface area (Å²) in [4.78, 5) is 2.22. The molecule has 100 valence electrons. The lowest BCUT2D eigenvalue weighted by molar-refractivity contribution is 0.254. The molecule has 0 aliphatic carbocycles. The van der Waals surface area contributed by atoms with Crippen LogP contribution in [0.3, 0.4) is 0 Å². The largest absolute Gasteiger partial charge is 0.299 e. The number of rotatable bonds is 4. The first-order valence-electron chi connectivity index (χ1n) is 5.89. The smallest absolute Gasteiger partial charge is 0.264 e. The number of benzene rings is 1. The topological polar surface area (TPSA) is 57.6 Å². The lowest BCUT2D eigenvalue weighted by Crippen LogP contribution is -2.32. The predicted octanol–water partition coefficient (Wildman–Crippen LogP) is 2.09. The van der Waals surface area contributed by atoms with Crippen molar-refractivity contribution in [2.75, 3.05) is 18.8 Å². The maximum Gasteiger partial charge on any atom is 0.264 e. The molecule has 1 aliphatic heterocycles. The second-order valence-corrected chi connectivity index (χ2v) is 7.07. The molecule has 1 N–H and O–H groups in total. The van der Waals surface area contributed by atoms with Crippen molar-refractivity contribution in [1.29, 1.82) is 0 Å². The molecule has 0 aromatic heterocycles. The van der Waals surface area contributed by atoms with Crippen LogP contribution in [0.4, 0.5) is 0 Å². The molecule has 4 nitrogen and oxygen atoms in total. The summed E-state index contributed by atoms with van der Waals surface area (Å²) in [6.07, 6.45) is 1.46. The fourth-order valence-electron chi connectivity index (χ4n) is 2.24. The van der Waals surface area contributed by atoms with Gasteiger partial charge in [0.1, 0.15) is 0 Å². The van der Waals surface area contributed by atoms with E-state index in [1.54, 1.807) is 0 Å². The summed E-state index contributed by atoms with van der Waals surface area (Å²) in [5.41, 5.74) is 2.66. The van der Waals surface area contributed by atoms with Gasteiger partial charge in [0, 0.05) is 17.6 Å². The Bertz CT molecular complexity index is 530. The van der Waals surface area contributed by atoms with E-state index >= 15 is 0 Å². The van der Waals surface area contributed by atoms with Crippen LogP contribution in [-0.2, 0) is 23.1 Å². The van der Waals surface area contributed by atoms with Crippen LogP contribution in [0.25, 0.3) is 0 Å². The highest BCUT2D eigenvalue weighted by atomic mass is 79.9. The molecule has 1 aromatic carbocycles. The Kier molecular flexibility index (Phi) is 4.42. The number of nitrogens with zero attached hydrogens (tertiary/aromatic N) is 1. The van der Waals surface area contributed by atoms with Gasteiger partial charge < -0.3 is 0 Å². The van der Waals surface area contributed by atoms with Crippen molar-refractivity contribution < 1.29 is 13.0 Å². The predicted molar refractivity (Wildman–Crippen MR) is 74.2 cm³/mol. The molecule has 0 amide bonds. The first-order valence-corrected chi connectivity index (χ1v) is 8.29. The molecule has 6 heteroatoms. The SMILES string of the molecule is O=S(=O)(O)CCCN1CCc2cc(Br)ccc2C1. The molecule has 1 aliphatic rings. The van der Waals surface area contributed by atoms with E-state index in [1.165, 1.54) is 11.1 Å². The summed E-state index contributed by atoms with van der Waals surface area (Å²) in [6.45, 7) is 2.50. The molecular formula is C12H16BrNO3S. The van der Waals surface area contributed by atoms with Crippen molar-refractivity contribution in [1.82, 2.24) is 4.90 Å². The summed E-state index contributed by atoms with van der Waals surface area (Å²) in [5, 5.41) is 0. The van der Waals surface area contributed by atoms with Gasteiger partial charge in [-0.25, -0.2) is 0 Å². The molecule has 0 spiro atoms. The third-order valence-corrected chi connectivity index (χ3v) is 4.43. The molecule has 18 heavy (non-hydrogen) atoms. The highest BCUT2D eigenvalue weighted by Gasteiger charge is 2.16. The lowest BCUT2D eigenvalue weighted by atomic mass is 10.00. The molecule has 1 aromatic rings. The summed E-state index contributed by atoms with van der Waals surface area (Å²) < 4.78 is 31.1. The van der Waals surface area contributed by atoms with Crippen molar-refractivity contribution in [2.45, 2.75) is 19.4 Å². The Balaban J connectivity index is 1.90. The minimum absolute atomic E-state index is 0.156. The normalized spacial score (nSPS) is 16.6. The van der Waals surface area contributed by atoms with Crippen LogP contribution < -0.4 is 0 Å². The van der Waals surface area contributed by atoms with Crippen molar-refractivity contribution in [3.05, 3.63) is 33.8 Å². The van der Waals surface area contributed by atoms with Crippen LogP contribution in [0.1, 0.15) is 17.5 Å². The van der Waals surface area contributed by atoms with Gasteiger partial charge in [-0.05, 0) is 42.6 Å². The molecule has 0 saturated carbocycles. The number of halogens is 1. The van der Waals surface area contributed by atoms with Crippen LogP contribution in [0, 0.1) is 0 Å². The van der Waals surface area contributed by atoms with E-state index in [2.05, 4.69) is 33.0 Å². The zero-order chi connectivity index (χ0) is 13.2. The monoisotopic (exact) mass is 333 g/mol. The van der Waals surface area contributed by atoms with E-state index in [4.69, 9.17) is 4.55 Å². The second kappa shape index (κ2) is 5.69. The number of hydrogen-bond acceptors (Lipinski definition) is 3. The lowest BCUT2D eigenvalue weighted by Gasteiger charge is -2.28. The molecule has 0 fully saturated rings. The van der Waals surface area contributed by atoms with Crippen LogP contribution in [-0.4, -0.2) is 36.7 Å². The van der Waals surface area contributed by atoms with Gasteiger partial charge in [0.05, 0.1) is 5.75 Å². The standard InChI is InChI=1S/C12H16BrNO3S/c13-12-3-2-11-9-14(6-4-10(11)8-12)5-1-7-18(15,16)17/h2-3,8H,1,4-7,9H2,(H,15,16,17). The summed E-state index contributed by atoms with van der Waals surface area (Å²) in [5.74, 6) is -0.156. The Labute approximate surface area is 116 Å². The summed E-state index contributed by atoms with van der Waals surface area (Å²) in [7, 11) is -3.82. The fraction of sp³-hybridized carbons (Fsp3) is 0.500. The van der Waals surface area contributed by atoms with E-state index in [1.807, 2.05) is 6.07 Å². The first kappa shape index (κ1) is 14.0. The Morgan fingerprint density at radius 1 is 1.33 bits per heavy atom. The third kappa shape index (κ3) is 4.05. The first-order chi connectivity index (χ1) is 8.44. The molecule has 0 saturated heterocycles. The van der Waals surface area contributed by atoms with Crippen LogP contribution >= 0.6 is 15.9 Å². The van der Waals surface area contributed by atoms with E-state index in [0.717, 1.165) is 24.0 Å². The minimum atomic E-state index is -3.82. The molecule has 1 heterocycles. The zero-order valence-corrected chi connectivity index (χ0v) is 12.4. The van der Waals surface area contributed by atoms with E-state index in [-0.39, 0.29) is 5.75 Å². The third-order valence-electron chi connectivity index (χ3n) is 3.14. The van der Waals surface area contributed by atoms with E-state index < -0.39 is 10.1 Å².